The Kier molecular flexibility index (Phi) is 10.2. The van der Waals surface area contributed by atoms with Gasteiger partial charge in [-0.1, -0.05) is 35.3 Å². The number of carbonyl (C=O) groups excluding carboxylic acids is 1. The van der Waals surface area contributed by atoms with E-state index in [9.17, 15) is 9.90 Å². The average molecular weight is 820 g/mol. The highest BCUT2D eigenvalue weighted by Crippen LogP contribution is 2.46. The van der Waals surface area contributed by atoms with Crippen LogP contribution in [0.15, 0.2) is 67.0 Å². The first-order chi connectivity index (χ1) is 27.7. The van der Waals surface area contributed by atoms with Crippen LogP contribution in [0.1, 0.15) is 74.0 Å². The van der Waals surface area contributed by atoms with E-state index in [-0.39, 0.29) is 24.2 Å². The summed E-state index contributed by atoms with van der Waals surface area (Å²) in [5.74, 6) is -0.0323. The summed E-state index contributed by atoms with van der Waals surface area (Å²) in [6.45, 7) is 11.0. The summed E-state index contributed by atoms with van der Waals surface area (Å²) in [4.78, 5) is 33.8. The number of carbonyl (C=O) groups is 2. The summed E-state index contributed by atoms with van der Waals surface area (Å²) in [6.07, 6.45) is 4.60. The van der Waals surface area contributed by atoms with Gasteiger partial charge in [0.15, 0.2) is 0 Å². The molecule has 1 unspecified atom stereocenters. The molecule has 298 valence electrons. The van der Waals surface area contributed by atoms with Crippen LogP contribution >= 0.6 is 23.2 Å². The molecule has 13 heteroatoms. The maximum atomic E-state index is 15.4. The van der Waals surface area contributed by atoms with Crippen molar-refractivity contribution in [1.29, 1.82) is 0 Å². The number of carboxylic acids is 1. The van der Waals surface area contributed by atoms with Crippen LogP contribution in [-0.4, -0.2) is 54.0 Å². The van der Waals surface area contributed by atoms with Crippen molar-refractivity contribution in [1.82, 2.24) is 23.9 Å². The van der Waals surface area contributed by atoms with E-state index >= 15 is 4.79 Å². The van der Waals surface area contributed by atoms with Crippen molar-refractivity contribution in [3.8, 4) is 22.6 Å². The smallest absolute Gasteiger partial charge is 0.352 e. The molecule has 4 aromatic heterocycles. The van der Waals surface area contributed by atoms with Crippen LogP contribution in [0.5, 0.6) is 11.5 Å². The van der Waals surface area contributed by atoms with Gasteiger partial charge in [-0.15, -0.1) is 0 Å². The number of aromatic nitrogens is 5. The number of nitrogens with zero attached hydrogens (tertiary/aromatic N) is 6. The molecule has 1 atom stereocenters. The minimum atomic E-state index is -1.07. The molecule has 3 aromatic carbocycles. The van der Waals surface area contributed by atoms with Crippen molar-refractivity contribution in [3.63, 3.8) is 0 Å². The quantitative estimate of drug-likeness (QED) is 0.129. The van der Waals surface area contributed by atoms with Crippen LogP contribution in [0.4, 0.5) is 5.69 Å². The third kappa shape index (κ3) is 6.65. The summed E-state index contributed by atoms with van der Waals surface area (Å²) in [7, 11) is 3.63. The Morgan fingerprint density at radius 3 is 2.36 bits per heavy atom. The molecule has 1 N–H and O–H groups in total. The first kappa shape index (κ1) is 39.1. The number of aryl methyl sites for hydroxylation is 6. The summed E-state index contributed by atoms with van der Waals surface area (Å²) in [5.41, 5.74) is 9.95. The minimum absolute atomic E-state index is 0.0977. The molecule has 58 heavy (non-hydrogen) atoms. The zero-order valence-electron chi connectivity index (χ0n) is 33.5. The van der Waals surface area contributed by atoms with Gasteiger partial charge in [-0.05, 0) is 101 Å². The van der Waals surface area contributed by atoms with Gasteiger partial charge in [0.05, 0.1) is 34.0 Å². The fraction of sp³-hybridized carbons (Fsp3) is 0.289. The molecule has 5 heterocycles. The van der Waals surface area contributed by atoms with Crippen molar-refractivity contribution in [3.05, 3.63) is 122 Å². The Morgan fingerprint density at radius 1 is 0.948 bits per heavy atom. The number of benzene rings is 3. The monoisotopic (exact) mass is 818 g/mol. The second-order valence-corrected chi connectivity index (χ2v) is 16.0. The van der Waals surface area contributed by atoms with E-state index in [1.165, 1.54) is 0 Å². The molecular formula is C45H44Cl2N6O5. The first-order valence-corrected chi connectivity index (χ1v) is 20.0. The molecule has 1 amide bonds. The van der Waals surface area contributed by atoms with Crippen molar-refractivity contribution in [2.75, 3.05) is 18.1 Å². The fourth-order valence-corrected chi connectivity index (χ4v) is 8.89. The molecule has 0 spiro atoms. The van der Waals surface area contributed by atoms with Crippen molar-refractivity contribution >= 4 is 62.6 Å². The summed E-state index contributed by atoms with van der Waals surface area (Å²) >= 11 is 13.6. The molecule has 11 nitrogen and oxygen atoms in total. The molecule has 0 saturated carbocycles. The molecule has 0 saturated heterocycles. The van der Waals surface area contributed by atoms with Gasteiger partial charge in [-0.2, -0.15) is 5.10 Å². The highest BCUT2D eigenvalue weighted by Gasteiger charge is 2.38. The lowest BCUT2D eigenvalue weighted by Gasteiger charge is -2.35. The predicted molar refractivity (Wildman–Crippen MR) is 228 cm³/mol. The number of aromatic carboxylic acids is 1. The first-order valence-electron chi connectivity index (χ1n) is 19.2. The molecule has 7 aromatic rings. The average Bonchev–Trinajstić information content (AvgIpc) is 3.80. The third-order valence-electron chi connectivity index (χ3n) is 11.3. The van der Waals surface area contributed by atoms with E-state index in [2.05, 4.69) is 16.5 Å². The van der Waals surface area contributed by atoms with Gasteiger partial charge < -0.3 is 28.6 Å². The number of pyridine rings is 1. The maximum absolute atomic E-state index is 15.4. The van der Waals surface area contributed by atoms with Gasteiger partial charge in [0.2, 0.25) is 0 Å². The third-order valence-corrected chi connectivity index (χ3v) is 12.2. The number of ether oxygens (including phenoxy) is 2. The molecule has 0 bridgehead atoms. The zero-order valence-corrected chi connectivity index (χ0v) is 35.0. The summed E-state index contributed by atoms with van der Waals surface area (Å²) < 4.78 is 18.2. The molecule has 0 aliphatic carbocycles. The highest BCUT2D eigenvalue weighted by molar-refractivity contribution is 6.35. The molecule has 0 radical (unpaired) electrons. The van der Waals surface area contributed by atoms with Gasteiger partial charge in [-0.25, -0.2) is 4.79 Å². The van der Waals surface area contributed by atoms with Crippen LogP contribution in [0.25, 0.3) is 32.9 Å². The maximum Gasteiger partial charge on any atom is 0.352 e. The van der Waals surface area contributed by atoms with Gasteiger partial charge >= 0.3 is 5.97 Å². The number of halogens is 2. The fourth-order valence-electron chi connectivity index (χ4n) is 8.54. The Bertz CT molecular complexity index is 2760. The zero-order chi connectivity index (χ0) is 41.2. The minimum Gasteiger partial charge on any atom is -0.494 e. The van der Waals surface area contributed by atoms with Crippen LogP contribution < -0.4 is 14.4 Å². The van der Waals surface area contributed by atoms with Crippen LogP contribution in [0.2, 0.25) is 10.0 Å². The van der Waals surface area contributed by atoms with E-state index in [0.717, 1.165) is 66.4 Å². The lowest BCUT2D eigenvalue weighted by molar-refractivity contribution is 0.0687. The normalized spacial score (nSPS) is 14.1. The van der Waals surface area contributed by atoms with E-state index in [1.54, 1.807) is 35.0 Å². The summed E-state index contributed by atoms with van der Waals surface area (Å²) in [6, 6.07) is 16.6. The van der Waals surface area contributed by atoms with Crippen LogP contribution in [0.3, 0.4) is 0 Å². The number of amides is 1. The molecule has 0 fully saturated rings. The van der Waals surface area contributed by atoms with Crippen LogP contribution in [-0.2, 0) is 27.1 Å². The van der Waals surface area contributed by atoms with Crippen molar-refractivity contribution in [2.45, 2.75) is 60.1 Å². The van der Waals surface area contributed by atoms with Gasteiger partial charge in [0.25, 0.3) is 5.91 Å². The highest BCUT2D eigenvalue weighted by atomic mass is 35.5. The SMILES string of the molecule is Cc1cc(OCCCc2c3n(c4c(-c5c(C)nn(C)c5C)c(Cl)ccc24)C(C)CN(c2cc(OCc4cccnc4)cc4cc(C(=O)O)n(C)c24)C3=O)cc(C)c1Cl. The Balaban J connectivity index is 1.27. The predicted octanol–water partition coefficient (Wildman–Crippen LogP) is 9.98. The number of hydrogen-bond donors (Lipinski definition) is 1. The molecule has 1 aliphatic heterocycles. The van der Waals surface area contributed by atoms with Gasteiger partial charge in [-0.3, -0.25) is 14.5 Å². The topological polar surface area (TPSA) is 117 Å². The van der Waals surface area contributed by atoms with Gasteiger partial charge in [0.1, 0.15) is 29.5 Å². The Morgan fingerprint density at radius 2 is 1.69 bits per heavy atom. The second-order valence-electron chi connectivity index (χ2n) is 15.2. The Hall–Kier alpha value is -5.78. The van der Waals surface area contributed by atoms with E-state index in [1.807, 2.05) is 88.0 Å². The number of carboxylic acid groups (broad SMARTS) is 1. The molecule has 8 rings (SSSR count). The largest absolute Gasteiger partial charge is 0.494 e. The number of rotatable bonds is 11. The van der Waals surface area contributed by atoms with Crippen LogP contribution in [0, 0.1) is 27.7 Å². The summed E-state index contributed by atoms with van der Waals surface area (Å²) in [5, 5.41) is 17.8. The van der Waals surface area contributed by atoms with Crippen molar-refractivity contribution < 1.29 is 24.2 Å². The standard InChI is InChI=1S/C45H44Cl2N6O5/c1-24-16-31(17-25(2)40(24)47)57-15-9-11-33-34-12-13-35(46)39(38-27(4)49-51(7)28(38)5)42(34)53-26(3)22-52(44(54)43(33)53)36-20-32(58-23-29-10-8-14-48-21-29)18-30-19-37(45(55)56)50(6)41(30)36/h8,10,12-14,16-21,26H,9,11,15,22-23H2,1-7H3,(H,55,56). The van der Waals surface area contributed by atoms with Gasteiger partial charge in [0, 0.05) is 83.3 Å². The van der Waals surface area contributed by atoms with E-state index in [0.29, 0.717) is 59.0 Å². The lowest BCUT2D eigenvalue weighted by atomic mass is 9.98. The van der Waals surface area contributed by atoms with Crippen molar-refractivity contribution in [2.24, 2.45) is 14.1 Å². The number of anilines is 1. The van der Waals surface area contributed by atoms with E-state index in [4.69, 9.17) is 37.8 Å². The Labute approximate surface area is 346 Å². The molecule has 1 aliphatic rings. The number of hydrogen-bond acceptors (Lipinski definition) is 6. The van der Waals surface area contributed by atoms with E-state index < -0.39 is 5.97 Å². The number of fused-ring (bicyclic) bond motifs is 4. The second kappa shape index (κ2) is 15.2. The molecular weight excluding hydrogens is 775 g/mol. The lowest BCUT2D eigenvalue weighted by Crippen LogP contribution is -2.43.